The molecular formula is C18H22O5. The lowest BCUT2D eigenvalue weighted by molar-refractivity contribution is -0.143. The molecule has 1 aromatic rings. The SMILES string of the molecule is CC(=O)OC[C@H]1[C@@H](CCc2ccc(C(=O)O)cc2)[C@H]2CC[C@@H]1O2. The van der Waals surface area contributed by atoms with E-state index in [4.69, 9.17) is 14.6 Å². The molecule has 5 nitrogen and oxygen atoms in total. The minimum atomic E-state index is -0.903. The van der Waals surface area contributed by atoms with Crippen LogP contribution in [0.15, 0.2) is 24.3 Å². The van der Waals surface area contributed by atoms with Gasteiger partial charge in [0.15, 0.2) is 0 Å². The number of aromatic carboxylic acids is 1. The average Bonchev–Trinajstić information content (AvgIpc) is 3.12. The van der Waals surface area contributed by atoms with Crippen LogP contribution in [-0.2, 0) is 20.7 Å². The van der Waals surface area contributed by atoms with Crippen LogP contribution < -0.4 is 0 Å². The summed E-state index contributed by atoms with van der Waals surface area (Å²) in [5.41, 5.74) is 1.44. The summed E-state index contributed by atoms with van der Waals surface area (Å²) in [6.45, 7) is 1.88. The van der Waals surface area contributed by atoms with E-state index in [9.17, 15) is 9.59 Å². The number of carboxylic acid groups (broad SMARTS) is 1. The molecule has 2 fully saturated rings. The number of carboxylic acids is 1. The van der Waals surface area contributed by atoms with Gasteiger partial charge in [-0.2, -0.15) is 0 Å². The summed E-state index contributed by atoms with van der Waals surface area (Å²) in [4.78, 5) is 21.9. The first-order valence-electron chi connectivity index (χ1n) is 8.15. The van der Waals surface area contributed by atoms with Gasteiger partial charge in [0, 0.05) is 12.8 Å². The van der Waals surface area contributed by atoms with Crippen LogP contribution in [-0.4, -0.2) is 35.9 Å². The highest BCUT2D eigenvalue weighted by atomic mass is 16.5. The van der Waals surface area contributed by atoms with Gasteiger partial charge < -0.3 is 14.6 Å². The Bertz CT molecular complexity index is 580. The predicted molar refractivity (Wildman–Crippen MR) is 83.2 cm³/mol. The highest BCUT2D eigenvalue weighted by Crippen LogP contribution is 2.45. The van der Waals surface area contributed by atoms with Crippen LogP contribution in [0.1, 0.15) is 42.1 Å². The van der Waals surface area contributed by atoms with E-state index in [1.165, 1.54) is 6.92 Å². The van der Waals surface area contributed by atoms with Gasteiger partial charge in [-0.25, -0.2) is 4.79 Å². The third-order valence-corrected chi connectivity index (χ3v) is 5.04. The van der Waals surface area contributed by atoms with Crippen molar-refractivity contribution in [2.75, 3.05) is 6.61 Å². The first-order valence-corrected chi connectivity index (χ1v) is 8.15. The van der Waals surface area contributed by atoms with Gasteiger partial charge in [-0.05, 0) is 49.3 Å². The number of benzene rings is 1. The molecule has 0 unspecified atom stereocenters. The zero-order chi connectivity index (χ0) is 16.4. The third-order valence-electron chi connectivity index (χ3n) is 5.04. The molecule has 0 amide bonds. The van der Waals surface area contributed by atoms with Gasteiger partial charge in [0.1, 0.15) is 0 Å². The van der Waals surface area contributed by atoms with E-state index in [2.05, 4.69) is 0 Å². The molecule has 0 spiro atoms. The molecule has 3 rings (SSSR count). The summed E-state index contributed by atoms with van der Waals surface area (Å²) in [6.07, 6.45) is 4.50. The normalized spacial score (nSPS) is 28.7. The number of hydrogen-bond donors (Lipinski definition) is 1. The predicted octanol–water partition coefficient (Wildman–Crippen LogP) is 2.67. The minimum Gasteiger partial charge on any atom is -0.478 e. The first-order chi connectivity index (χ1) is 11.0. The fraction of sp³-hybridized carbons (Fsp3) is 0.556. The Hall–Kier alpha value is -1.88. The van der Waals surface area contributed by atoms with Crippen LogP contribution in [0.4, 0.5) is 0 Å². The molecule has 0 saturated carbocycles. The van der Waals surface area contributed by atoms with Crippen molar-refractivity contribution in [3.63, 3.8) is 0 Å². The lowest BCUT2D eigenvalue weighted by Gasteiger charge is -2.27. The molecule has 1 N–H and O–H groups in total. The second-order valence-corrected chi connectivity index (χ2v) is 6.46. The number of hydrogen-bond acceptors (Lipinski definition) is 4. The number of rotatable bonds is 6. The lowest BCUT2D eigenvalue weighted by atomic mass is 9.77. The third kappa shape index (κ3) is 3.55. The maximum atomic E-state index is 11.1. The summed E-state index contributed by atoms with van der Waals surface area (Å²) in [5, 5.41) is 8.93. The number of esters is 1. The van der Waals surface area contributed by atoms with Crippen molar-refractivity contribution in [3.8, 4) is 0 Å². The molecule has 0 aromatic heterocycles. The van der Waals surface area contributed by atoms with E-state index >= 15 is 0 Å². The fourth-order valence-corrected chi connectivity index (χ4v) is 3.86. The monoisotopic (exact) mass is 318 g/mol. The highest BCUT2D eigenvalue weighted by molar-refractivity contribution is 5.87. The number of ether oxygens (including phenoxy) is 2. The van der Waals surface area contributed by atoms with Gasteiger partial charge in [0.2, 0.25) is 0 Å². The molecular weight excluding hydrogens is 296 g/mol. The van der Waals surface area contributed by atoms with Crippen LogP contribution in [0.2, 0.25) is 0 Å². The van der Waals surface area contributed by atoms with Gasteiger partial charge in [-0.3, -0.25) is 4.79 Å². The van der Waals surface area contributed by atoms with E-state index in [0.29, 0.717) is 18.1 Å². The molecule has 2 heterocycles. The summed E-state index contributed by atoms with van der Waals surface area (Å²) in [5.74, 6) is -0.446. The number of aryl methyl sites for hydroxylation is 1. The Morgan fingerprint density at radius 1 is 1.17 bits per heavy atom. The summed E-state index contributed by atoms with van der Waals surface area (Å²) >= 11 is 0. The number of carbonyl (C=O) groups is 2. The van der Waals surface area contributed by atoms with Crippen LogP contribution in [0.25, 0.3) is 0 Å². The van der Waals surface area contributed by atoms with Crippen molar-refractivity contribution >= 4 is 11.9 Å². The van der Waals surface area contributed by atoms with E-state index in [1.807, 2.05) is 12.1 Å². The molecule has 0 radical (unpaired) electrons. The van der Waals surface area contributed by atoms with Crippen molar-refractivity contribution < 1.29 is 24.2 Å². The van der Waals surface area contributed by atoms with Crippen LogP contribution in [0.3, 0.4) is 0 Å². The van der Waals surface area contributed by atoms with Gasteiger partial charge in [0.05, 0.1) is 24.4 Å². The van der Waals surface area contributed by atoms with Crippen molar-refractivity contribution in [2.24, 2.45) is 11.8 Å². The largest absolute Gasteiger partial charge is 0.478 e. The average molecular weight is 318 g/mol. The van der Waals surface area contributed by atoms with Gasteiger partial charge >= 0.3 is 11.9 Å². The van der Waals surface area contributed by atoms with Gasteiger partial charge in [-0.1, -0.05) is 12.1 Å². The Morgan fingerprint density at radius 3 is 2.43 bits per heavy atom. The first kappa shape index (κ1) is 16.0. The molecule has 5 heteroatoms. The molecule has 0 aliphatic carbocycles. The van der Waals surface area contributed by atoms with Gasteiger partial charge in [0.25, 0.3) is 0 Å². The topological polar surface area (TPSA) is 72.8 Å². The highest BCUT2D eigenvalue weighted by Gasteiger charge is 2.48. The molecule has 124 valence electrons. The van der Waals surface area contributed by atoms with E-state index in [0.717, 1.165) is 31.2 Å². The molecule has 1 aromatic carbocycles. The van der Waals surface area contributed by atoms with E-state index in [1.54, 1.807) is 12.1 Å². The second-order valence-electron chi connectivity index (χ2n) is 6.46. The standard InChI is InChI=1S/C18H22O5/c1-11(19)22-10-15-14(16-8-9-17(15)23-16)7-4-12-2-5-13(6-3-12)18(20)21/h2-3,5-6,14-17H,4,7-10H2,1H3,(H,20,21)/t14-,15+,16-,17+/m1/s1. The van der Waals surface area contributed by atoms with E-state index in [-0.39, 0.29) is 24.1 Å². The van der Waals surface area contributed by atoms with E-state index < -0.39 is 5.97 Å². The summed E-state index contributed by atoms with van der Waals surface area (Å²) in [6, 6.07) is 7.04. The van der Waals surface area contributed by atoms with Crippen molar-refractivity contribution in [2.45, 2.75) is 44.8 Å². The van der Waals surface area contributed by atoms with Crippen molar-refractivity contribution in [3.05, 3.63) is 35.4 Å². The number of fused-ring (bicyclic) bond motifs is 2. The maximum absolute atomic E-state index is 11.1. The molecule has 4 atom stereocenters. The molecule has 2 bridgehead atoms. The molecule has 23 heavy (non-hydrogen) atoms. The molecule has 2 saturated heterocycles. The Labute approximate surface area is 135 Å². The summed E-state index contributed by atoms with van der Waals surface area (Å²) in [7, 11) is 0. The summed E-state index contributed by atoms with van der Waals surface area (Å²) < 4.78 is 11.2. The number of carbonyl (C=O) groups excluding carboxylic acids is 1. The Morgan fingerprint density at radius 2 is 1.83 bits per heavy atom. The molecule has 2 aliphatic rings. The zero-order valence-corrected chi connectivity index (χ0v) is 13.2. The molecule has 2 aliphatic heterocycles. The fourth-order valence-electron chi connectivity index (χ4n) is 3.86. The lowest BCUT2D eigenvalue weighted by Crippen LogP contribution is -2.31. The second kappa shape index (κ2) is 6.71. The Balaban J connectivity index is 1.59. The maximum Gasteiger partial charge on any atom is 0.335 e. The Kier molecular flexibility index (Phi) is 4.66. The van der Waals surface area contributed by atoms with Crippen LogP contribution in [0.5, 0.6) is 0 Å². The smallest absolute Gasteiger partial charge is 0.335 e. The van der Waals surface area contributed by atoms with Crippen LogP contribution >= 0.6 is 0 Å². The van der Waals surface area contributed by atoms with Crippen molar-refractivity contribution in [1.29, 1.82) is 0 Å². The van der Waals surface area contributed by atoms with Crippen LogP contribution in [0, 0.1) is 11.8 Å². The van der Waals surface area contributed by atoms with Gasteiger partial charge in [-0.15, -0.1) is 0 Å². The zero-order valence-electron chi connectivity index (χ0n) is 13.2. The quantitative estimate of drug-likeness (QED) is 0.816. The minimum absolute atomic E-state index is 0.221. The van der Waals surface area contributed by atoms with Crippen molar-refractivity contribution in [1.82, 2.24) is 0 Å².